The molecule has 0 aliphatic rings. The third-order valence-corrected chi connectivity index (χ3v) is 5.56. The first kappa shape index (κ1) is 18.6. The second-order valence-corrected chi connectivity index (χ2v) is 7.28. The number of non-ortho nitro benzene ring substituents is 1. The average molecular weight is 405 g/mol. The van der Waals surface area contributed by atoms with E-state index in [1.165, 1.54) is 23.5 Å². The quantitative estimate of drug-likeness (QED) is 0.295. The van der Waals surface area contributed by atoms with Gasteiger partial charge in [-0.25, -0.2) is 5.43 Å². The number of ether oxygens (including phenoxy) is 1. The molecule has 0 saturated heterocycles. The van der Waals surface area contributed by atoms with E-state index in [-0.39, 0.29) is 11.6 Å². The standard InChI is InChI=1S/C21H15N3O4S/c1-28-18-8-6-13(16-4-2-3-5-17(16)18)12-22-23-21(25)20-11-14-10-15(24(26)27)7-9-19(14)29-20/h2-12H,1H3,(H,23,25)/b22-12-. The number of carbonyl (C=O) groups excluding carboxylic acids is 1. The number of hydrogen-bond donors (Lipinski definition) is 1. The van der Waals surface area contributed by atoms with Crippen molar-refractivity contribution in [2.45, 2.75) is 0 Å². The van der Waals surface area contributed by atoms with Crippen molar-refractivity contribution in [2.24, 2.45) is 5.10 Å². The van der Waals surface area contributed by atoms with Crippen LogP contribution in [0.25, 0.3) is 20.9 Å². The number of hydrogen-bond acceptors (Lipinski definition) is 6. The monoisotopic (exact) mass is 405 g/mol. The number of nitro groups is 1. The molecular formula is C21H15N3O4S. The first-order valence-electron chi connectivity index (χ1n) is 8.64. The molecule has 1 heterocycles. The number of rotatable bonds is 5. The van der Waals surface area contributed by atoms with Gasteiger partial charge < -0.3 is 4.74 Å². The summed E-state index contributed by atoms with van der Waals surface area (Å²) in [5.41, 5.74) is 3.35. The normalized spacial score (nSPS) is 11.2. The molecule has 144 valence electrons. The van der Waals surface area contributed by atoms with Crippen molar-refractivity contribution in [1.29, 1.82) is 0 Å². The van der Waals surface area contributed by atoms with E-state index in [1.807, 2.05) is 36.4 Å². The number of hydrazone groups is 1. The smallest absolute Gasteiger partial charge is 0.281 e. The molecule has 0 saturated carbocycles. The predicted molar refractivity (Wildman–Crippen MR) is 114 cm³/mol. The Kier molecular flexibility index (Phi) is 4.92. The lowest BCUT2D eigenvalue weighted by atomic mass is 10.0. The molecule has 0 radical (unpaired) electrons. The topological polar surface area (TPSA) is 93.8 Å². The van der Waals surface area contributed by atoms with Crippen LogP contribution in [0.3, 0.4) is 0 Å². The van der Waals surface area contributed by atoms with Gasteiger partial charge in [-0.15, -0.1) is 11.3 Å². The molecule has 0 atom stereocenters. The van der Waals surface area contributed by atoms with Crippen LogP contribution in [0.4, 0.5) is 5.69 Å². The van der Waals surface area contributed by atoms with Crippen LogP contribution < -0.4 is 10.2 Å². The van der Waals surface area contributed by atoms with E-state index in [2.05, 4.69) is 10.5 Å². The maximum absolute atomic E-state index is 12.4. The summed E-state index contributed by atoms with van der Waals surface area (Å²) in [6.07, 6.45) is 1.58. The minimum atomic E-state index is -0.458. The SMILES string of the molecule is COc1ccc(/C=N\NC(=O)c2cc3cc([N+](=O)[O-])ccc3s2)c2ccccc12. The van der Waals surface area contributed by atoms with E-state index in [4.69, 9.17) is 4.74 Å². The number of nitro benzene ring substituents is 1. The minimum Gasteiger partial charge on any atom is -0.496 e. The van der Waals surface area contributed by atoms with Crippen LogP contribution in [0, 0.1) is 10.1 Å². The Labute approximate surface area is 169 Å². The van der Waals surface area contributed by atoms with Gasteiger partial charge in [-0.1, -0.05) is 24.3 Å². The number of carbonyl (C=O) groups is 1. The molecule has 0 unspecified atom stereocenters. The maximum atomic E-state index is 12.4. The van der Waals surface area contributed by atoms with Gasteiger partial charge in [0.2, 0.25) is 0 Å². The van der Waals surface area contributed by atoms with Gasteiger partial charge in [0, 0.05) is 33.2 Å². The molecule has 0 aliphatic heterocycles. The Morgan fingerprint density at radius 1 is 1.14 bits per heavy atom. The summed E-state index contributed by atoms with van der Waals surface area (Å²) in [6, 6.07) is 17.6. The number of amides is 1. The van der Waals surface area contributed by atoms with E-state index in [9.17, 15) is 14.9 Å². The second-order valence-electron chi connectivity index (χ2n) is 6.19. The van der Waals surface area contributed by atoms with Gasteiger partial charge in [0.15, 0.2) is 0 Å². The Hall–Kier alpha value is -3.78. The van der Waals surface area contributed by atoms with Crippen molar-refractivity contribution in [1.82, 2.24) is 5.43 Å². The van der Waals surface area contributed by atoms with Crippen LogP contribution in [-0.2, 0) is 0 Å². The van der Waals surface area contributed by atoms with Crippen molar-refractivity contribution in [3.8, 4) is 5.75 Å². The van der Waals surface area contributed by atoms with E-state index in [0.29, 0.717) is 10.3 Å². The highest BCUT2D eigenvalue weighted by Gasteiger charge is 2.13. The molecule has 29 heavy (non-hydrogen) atoms. The summed E-state index contributed by atoms with van der Waals surface area (Å²) in [7, 11) is 1.62. The number of benzene rings is 3. The fourth-order valence-electron chi connectivity index (χ4n) is 3.06. The van der Waals surface area contributed by atoms with E-state index >= 15 is 0 Å². The largest absolute Gasteiger partial charge is 0.496 e. The van der Waals surface area contributed by atoms with Gasteiger partial charge in [0.05, 0.1) is 23.1 Å². The zero-order chi connectivity index (χ0) is 20.4. The Morgan fingerprint density at radius 3 is 2.69 bits per heavy atom. The highest BCUT2D eigenvalue weighted by atomic mass is 32.1. The van der Waals surface area contributed by atoms with Gasteiger partial charge in [-0.3, -0.25) is 14.9 Å². The van der Waals surface area contributed by atoms with Crippen LogP contribution in [0.5, 0.6) is 5.75 Å². The lowest BCUT2D eigenvalue weighted by molar-refractivity contribution is -0.384. The van der Waals surface area contributed by atoms with Crippen molar-refractivity contribution in [3.05, 3.63) is 81.2 Å². The van der Waals surface area contributed by atoms with Crippen LogP contribution in [0.1, 0.15) is 15.2 Å². The molecule has 3 aromatic carbocycles. The Morgan fingerprint density at radius 2 is 1.93 bits per heavy atom. The maximum Gasteiger partial charge on any atom is 0.281 e. The van der Waals surface area contributed by atoms with Gasteiger partial charge in [0.1, 0.15) is 5.75 Å². The third-order valence-electron chi connectivity index (χ3n) is 4.44. The summed E-state index contributed by atoms with van der Waals surface area (Å²) < 4.78 is 6.18. The average Bonchev–Trinajstić information content (AvgIpc) is 3.17. The van der Waals surface area contributed by atoms with Crippen molar-refractivity contribution >= 4 is 50.0 Å². The zero-order valence-corrected chi connectivity index (χ0v) is 16.1. The fourth-order valence-corrected chi connectivity index (χ4v) is 3.99. The van der Waals surface area contributed by atoms with Gasteiger partial charge in [-0.05, 0) is 29.7 Å². The van der Waals surface area contributed by atoms with Crippen LogP contribution >= 0.6 is 11.3 Å². The van der Waals surface area contributed by atoms with Gasteiger partial charge in [-0.2, -0.15) is 5.10 Å². The molecule has 4 aromatic rings. The van der Waals surface area contributed by atoms with Gasteiger partial charge in [0.25, 0.3) is 11.6 Å². The molecule has 0 fully saturated rings. The van der Waals surface area contributed by atoms with E-state index in [1.54, 1.807) is 25.5 Å². The van der Waals surface area contributed by atoms with Gasteiger partial charge >= 0.3 is 0 Å². The molecule has 1 amide bonds. The lowest BCUT2D eigenvalue weighted by Crippen LogP contribution is -2.16. The number of nitrogens with one attached hydrogen (secondary N) is 1. The van der Waals surface area contributed by atoms with Crippen molar-refractivity contribution in [2.75, 3.05) is 7.11 Å². The van der Waals surface area contributed by atoms with Crippen LogP contribution in [-0.4, -0.2) is 24.2 Å². The van der Waals surface area contributed by atoms with Crippen molar-refractivity contribution < 1.29 is 14.5 Å². The first-order chi connectivity index (χ1) is 14.1. The molecule has 1 N–H and O–H groups in total. The Balaban J connectivity index is 1.55. The number of nitrogens with zero attached hydrogens (tertiary/aromatic N) is 2. The summed E-state index contributed by atoms with van der Waals surface area (Å²) in [5.74, 6) is 0.393. The molecule has 1 aromatic heterocycles. The molecule has 0 spiro atoms. The molecule has 8 heteroatoms. The summed E-state index contributed by atoms with van der Waals surface area (Å²) >= 11 is 1.25. The van der Waals surface area contributed by atoms with Crippen molar-refractivity contribution in [3.63, 3.8) is 0 Å². The molecule has 7 nitrogen and oxygen atoms in total. The van der Waals surface area contributed by atoms with E-state index in [0.717, 1.165) is 26.8 Å². The molecular weight excluding hydrogens is 390 g/mol. The number of thiophene rings is 1. The molecule has 0 bridgehead atoms. The zero-order valence-electron chi connectivity index (χ0n) is 15.3. The number of methoxy groups -OCH3 is 1. The fraction of sp³-hybridized carbons (Fsp3) is 0.0476. The Bertz CT molecular complexity index is 1280. The summed E-state index contributed by atoms with van der Waals surface area (Å²) in [6.45, 7) is 0. The van der Waals surface area contributed by atoms with E-state index < -0.39 is 4.92 Å². The predicted octanol–water partition coefficient (Wildman–Crippen LogP) is 4.74. The van der Waals surface area contributed by atoms with Crippen LogP contribution in [0.15, 0.2) is 65.8 Å². The highest BCUT2D eigenvalue weighted by molar-refractivity contribution is 7.20. The lowest BCUT2D eigenvalue weighted by Gasteiger charge is -2.07. The second kappa shape index (κ2) is 7.69. The highest BCUT2D eigenvalue weighted by Crippen LogP contribution is 2.29. The minimum absolute atomic E-state index is 0.00772. The van der Waals surface area contributed by atoms with Crippen LogP contribution in [0.2, 0.25) is 0 Å². The summed E-state index contributed by atoms with van der Waals surface area (Å²) in [5, 5.41) is 17.5. The summed E-state index contributed by atoms with van der Waals surface area (Å²) in [4.78, 5) is 23.3. The third kappa shape index (κ3) is 3.65. The molecule has 4 rings (SSSR count). The first-order valence-corrected chi connectivity index (χ1v) is 9.45. The molecule has 0 aliphatic carbocycles. The number of fused-ring (bicyclic) bond motifs is 2.